The fourth-order valence-electron chi connectivity index (χ4n) is 9.11. The van der Waals surface area contributed by atoms with Gasteiger partial charge in [-0.1, -0.05) is 0 Å². The van der Waals surface area contributed by atoms with E-state index in [-0.39, 0.29) is 18.4 Å². The van der Waals surface area contributed by atoms with Gasteiger partial charge in [0.05, 0.1) is 26.9 Å². The molecule has 25 nitrogen and oxygen atoms in total. The predicted molar refractivity (Wildman–Crippen MR) is 325 cm³/mol. The van der Waals surface area contributed by atoms with Gasteiger partial charge in [-0.05, 0) is 224 Å². The second-order valence-electron chi connectivity index (χ2n) is 20.6. The van der Waals surface area contributed by atoms with E-state index in [4.69, 9.17) is 31.2 Å². The van der Waals surface area contributed by atoms with Gasteiger partial charge in [-0.3, -0.25) is 28.8 Å². The van der Waals surface area contributed by atoms with E-state index in [1.165, 1.54) is 62.5 Å². The van der Waals surface area contributed by atoms with Crippen LogP contribution in [0.1, 0.15) is 97.8 Å². The molecule has 33 heteroatoms. The van der Waals surface area contributed by atoms with Gasteiger partial charge in [-0.15, -0.1) is 0 Å². The number of carboxylic acid groups (broad SMARTS) is 2. The molecule has 0 spiro atoms. The van der Waals surface area contributed by atoms with E-state index in [2.05, 4.69) is 29.8 Å². The summed E-state index contributed by atoms with van der Waals surface area (Å²) < 4.78 is 77.7. The lowest BCUT2D eigenvalue weighted by Gasteiger charge is -2.20. The van der Waals surface area contributed by atoms with Gasteiger partial charge < -0.3 is 81.1 Å². The highest BCUT2D eigenvalue weighted by Crippen LogP contribution is 2.30. The van der Waals surface area contributed by atoms with Gasteiger partial charge in [-0.25, -0.2) is 4.79 Å². The summed E-state index contributed by atoms with van der Waals surface area (Å²) in [5.41, 5.74) is 15.0. The average Bonchev–Trinajstić information content (AvgIpc) is 3.27. The molecule has 4 rings (SSSR count). The zero-order valence-electron chi connectivity index (χ0n) is 51.8. The van der Waals surface area contributed by atoms with Crippen LogP contribution in [0.3, 0.4) is 0 Å². The number of esters is 3. The summed E-state index contributed by atoms with van der Waals surface area (Å²) in [6, 6.07) is 8.93. The van der Waals surface area contributed by atoms with Crippen molar-refractivity contribution in [1.29, 1.82) is 0 Å². The normalized spacial score (nSPS) is 12.3. The maximum Gasteiger partial charge on any atom is 0.534 e. The number of nitrogens with one attached hydrogen (secondary N) is 4. The van der Waals surface area contributed by atoms with Crippen LogP contribution < -0.4 is 36.6 Å². The van der Waals surface area contributed by atoms with Crippen molar-refractivity contribution < 1.29 is 104 Å². The molecule has 2 amide bonds. The Kier molecular flexibility index (Phi) is 31.8. The molecule has 88 heavy (non-hydrogen) atoms. The van der Waals surface area contributed by atoms with Crippen molar-refractivity contribution in [1.82, 2.24) is 20.9 Å². The van der Waals surface area contributed by atoms with Gasteiger partial charge in [0.1, 0.15) is 29.9 Å². The van der Waals surface area contributed by atoms with Crippen molar-refractivity contribution in [2.24, 2.45) is 11.5 Å². The number of aryl methyl sites for hydroxylation is 8. The van der Waals surface area contributed by atoms with Gasteiger partial charge >= 0.3 is 73.7 Å². The highest BCUT2D eigenvalue weighted by atomic mass is 32.2. The van der Waals surface area contributed by atoms with Crippen molar-refractivity contribution >= 4 is 80.0 Å². The Morgan fingerprint density at radius 3 is 0.898 bits per heavy atom. The SMILES string of the molecule is CB(O)N[C@@H](Cc1c(C)cc(C(N)=O)cc1C)C(=O)O.COC(=O)[C@H](Cc1c(C)cc(C(=O)O)cc1C)NB(C)O.COC(=O)[C@H](Cc1c(C)cc(C(N)=O)cc1C)NB(C)O.COC(=O)[C@H](Cc1c(C)cc(OS(=O)(=O)C(F)(F)F)cc1C)NB(C)O. The molecule has 0 aliphatic carbocycles. The van der Waals surface area contributed by atoms with Gasteiger partial charge in [0.15, 0.2) is 0 Å². The molecule has 4 aromatic carbocycles. The van der Waals surface area contributed by atoms with Gasteiger partial charge in [-0.2, -0.15) is 21.6 Å². The van der Waals surface area contributed by atoms with Crippen LogP contribution in [0.5, 0.6) is 5.75 Å². The molecule has 0 aliphatic heterocycles. The molecule has 4 atom stereocenters. The number of primary amides is 2. The standard InChI is InChI=1S/C14H19BF3NO6S.C14H21BN2O4.C14H20BNO5.C13H19BN2O4/c1-8-5-10(25-26(22,23)14(16,17)18)6-9(2)11(8)7-12(13(20)24-4)19-15(3)21;1-8-5-10(13(16)18)6-9(2)11(8)7-12(14(19)21-4)17-15(3)20;1-8-5-10(13(17)18)6-9(2)11(8)7-12(14(19)21-4)16-15(3)20;1-7-4-9(12(15)17)5-8(2)10(7)6-11(13(18)19)16-14(3)20/h5-6,12,19,21H,7H2,1-4H3;5-6,12,17,20H,7H2,1-4H3,(H2,16,18);5-6,12,16,20H,7H2,1-4H3,(H,17,18);4-5,11,16,20H,6H2,1-3H3,(H2,15,17)(H,18,19)/t3*12-;11-/m0000/s1. The van der Waals surface area contributed by atoms with Crippen LogP contribution in [0, 0.1) is 55.4 Å². The first-order valence-electron chi connectivity index (χ1n) is 27.0. The Hall–Kier alpha value is -7.35. The number of hydrogen-bond donors (Lipinski definition) is 12. The Morgan fingerprint density at radius 2 is 0.693 bits per heavy atom. The number of halogens is 3. The van der Waals surface area contributed by atoms with E-state index in [1.807, 2.05) is 13.8 Å². The Labute approximate surface area is 511 Å². The first-order chi connectivity index (χ1) is 40.5. The third-order valence-corrected chi connectivity index (χ3v) is 14.2. The summed E-state index contributed by atoms with van der Waals surface area (Å²) in [7, 11) is -5.61. The summed E-state index contributed by atoms with van der Waals surface area (Å²) in [6.07, 6.45) is 0.960. The predicted octanol–water partition coefficient (Wildman–Crippen LogP) is 2.39. The van der Waals surface area contributed by atoms with E-state index < -0.39 is 115 Å². The number of hydrogen-bond acceptors (Lipinski definition) is 21. The minimum absolute atomic E-state index is 0.0710. The molecule has 0 saturated carbocycles. The highest BCUT2D eigenvalue weighted by Gasteiger charge is 2.48. The lowest BCUT2D eigenvalue weighted by atomic mass is 9.85. The van der Waals surface area contributed by atoms with Crippen molar-refractivity contribution in [2.75, 3.05) is 21.3 Å². The molecular weight excluding hydrogens is 1180 g/mol. The summed E-state index contributed by atoms with van der Waals surface area (Å²) in [5, 5.41) is 66.4. The Morgan fingerprint density at radius 1 is 0.466 bits per heavy atom. The second-order valence-corrected chi connectivity index (χ2v) is 22.2. The Balaban J connectivity index is 0.000000590. The van der Waals surface area contributed by atoms with Gasteiger partial charge in [0.2, 0.25) is 11.8 Å². The number of alkyl halides is 3. The fraction of sp³-hybridized carbons (Fsp3) is 0.436. The number of carboxylic acids is 2. The van der Waals surface area contributed by atoms with Crippen molar-refractivity contribution in [3.8, 4) is 5.75 Å². The largest absolute Gasteiger partial charge is 0.534 e. The molecule has 0 radical (unpaired) electrons. The third kappa shape index (κ3) is 25.4. The molecule has 0 bridgehead atoms. The first-order valence-corrected chi connectivity index (χ1v) is 28.4. The summed E-state index contributed by atoms with van der Waals surface area (Å²) in [4.78, 5) is 80.0. The van der Waals surface area contributed by atoms with Crippen LogP contribution in [0.25, 0.3) is 0 Å². The van der Waals surface area contributed by atoms with E-state index in [0.29, 0.717) is 40.7 Å². The number of aliphatic carboxylic acids is 1. The van der Waals surface area contributed by atoms with Crippen molar-refractivity contribution in [2.45, 2.75) is 138 Å². The second kappa shape index (κ2) is 35.6. The topological polar surface area (TPSA) is 412 Å². The number of benzene rings is 4. The molecule has 482 valence electrons. The number of rotatable bonds is 25. The smallest absolute Gasteiger partial charge is 0.480 e. The van der Waals surface area contributed by atoms with Crippen molar-refractivity contribution in [3.63, 3.8) is 0 Å². The molecule has 0 aromatic heterocycles. The lowest BCUT2D eigenvalue weighted by molar-refractivity contribution is -0.143. The summed E-state index contributed by atoms with van der Waals surface area (Å²) >= 11 is 0. The van der Waals surface area contributed by atoms with Crippen LogP contribution in [-0.2, 0) is 69.2 Å². The minimum atomic E-state index is -5.77. The van der Waals surface area contributed by atoms with E-state index in [1.54, 1.807) is 64.1 Å². The number of carbonyl (C=O) groups excluding carboxylic acids is 5. The van der Waals surface area contributed by atoms with E-state index in [9.17, 15) is 75.2 Å². The molecular formula is C55H79B4F3N6O19S. The summed E-state index contributed by atoms with van der Waals surface area (Å²) in [6.45, 7) is 19.9. The number of methoxy groups -OCH3 is 3. The van der Waals surface area contributed by atoms with Crippen LogP contribution in [0.4, 0.5) is 13.2 Å². The minimum Gasteiger partial charge on any atom is -0.480 e. The molecule has 0 heterocycles. The van der Waals surface area contributed by atoms with E-state index in [0.717, 1.165) is 62.2 Å². The monoisotopic (exact) mass is 1260 g/mol. The zero-order chi connectivity index (χ0) is 68.0. The maximum absolute atomic E-state index is 12.4. The molecule has 0 fully saturated rings. The van der Waals surface area contributed by atoms with Crippen LogP contribution in [-0.4, -0.2) is 160 Å². The quantitative estimate of drug-likeness (QED) is 0.0149. The molecule has 4 aromatic rings. The van der Waals surface area contributed by atoms with Crippen LogP contribution in [0.2, 0.25) is 27.3 Å². The van der Waals surface area contributed by atoms with Crippen LogP contribution in [0.15, 0.2) is 48.5 Å². The zero-order valence-corrected chi connectivity index (χ0v) is 52.6. The van der Waals surface area contributed by atoms with Gasteiger partial charge in [0.25, 0.3) is 0 Å². The van der Waals surface area contributed by atoms with Crippen LogP contribution >= 0.6 is 0 Å². The third-order valence-electron chi connectivity index (χ3n) is 13.2. The number of aromatic carboxylic acids is 1. The molecule has 14 N–H and O–H groups in total. The lowest BCUT2D eigenvalue weighted by Crippen LogP contribution is -2.46. The molecule has 0 unspecified atom stereocenters. The maximum atomic E-state index is 12.4. The fourth-order valence-corrected chi connectivity index (χ4v) is 9.55. The first kappa shape index (κ1) is 78.7. The van der Waals surface area contributed by atoms with Gasteiger partial charge in [0, 0.05) is 11.1 Å². The molecule has 0 aliphatic rings. The number of ether oxygens (including phenoxy) is 3. The summed E-state index contributed by atoms with van der Waals surface area (Å²) in [5.74, 6) is -5.07. The highest BCUT2D eigenvalue weighted by molar-refractivity contribution is 7.88. The number of carbonyl (C=O) groups is 7. The average molecular weight is 1260 g/mol. The number of amides is 2. The number of nitrogens with two attached hydrogens (primary N) is 2. The van der Waals surface area contributed by atoms with Crippen molar-refractivity contribution in [3.05, 3.63) is 132 Å². The Bertz CT molecular complexity index is 3040. The molecule has 0 saturated heterocycles. The van der Waals surface area contributed by atoms with E-state index >= 15 is 0 Å².